The highest BCUT2D eigenvalue weighted by molar-refractivity contribution is 5.73. The second-order valence-corrected chi connectivity index (χ2v) is 14.3. The van der Waals surface area contributed by atoms with Gasteiger partial charge in [0.1, 0.15) is 37.6 Å². The lowest BCUT2D eigenvalue weighted by Crippen LogP contribution is -2.65. The number of carbonyl (C=O) groups excluding carboxylic acids is 4. The summed E-state index contributed by atoms with van der Waals surface area (Å²) in [4.78, 5) is 52.9. The number of hydrogen-bond acceptors (Lipinski definition) is 15. The Morgan fingerprint density at radius 2 is 1.39 bits per heavy atom. The van der Waals surface area contributed by atoms with Crippen LogP contribution in [-0.2, 0) is 52.3 Å². The second kappa shape index (κ2) is 21.3. The van der Waals surface area contributed by atoms with Crippen LogP contribution in [0.3, 0.4) is 0 Å². The van der Waals surface area contributed by atoms with E-state index in [1.807, 2.05) is 13.8 Å². The van der Waals surface area contributed by atoms with E-state index in [4.69, 9.17) is 33.2 Å². The van der Waals surface area contributed by atoms with Gasteiger partial charge in [0.2, 0.25) is 12.1 Å². The second-order valence-electron chi connectivity index (χ2n) is 14.3. The molecular weight excluding hydrogens is 672 g/mol. The number of esters is 4. The van der Waals surface area contributed by atoms with Crippen molar-refractivity contribution in [2.24, 2.45) is 23.7 Å². The third kappa shape index (κ3) is 12.6. The minimum absolute atomic E-state index is 0.0354. The van der Waals surface area contributed by atoms with Crippen molar-refractivity contribution in [2.75, 3.05) is 19.8 Å². The number of hydrogen-bond donors (Lipinski definition) is 4. The number of unbranched alkanes of at least 4 members (excludes halogenated alkanes) is 1. The van der Waals surface area contributed by atoms with Gasteiger partial charge in [-0.05, 0) is 31.1 Å². The molecule has 3 unspecified atom stereocenters. The van der Waals surface area contributed by atoms with E-state index in [0.717, 1.165) is 12.8 Å². The van der Waals surface area contributed by atoms with Crippen LogP contribution in [0.25, 0.3) is 0 Å². The molecule has 51 heavy (non-hydrogen) atoms. The number of carbonyl (C=O) groups is 4. The summed E-state index contributed by atoms with van der Waals surface area (Å²) in [5.74, 6) is -5.89. The van der Waals surface area contributed by atoms with Crippen molar-refractivity contribution in [3.05, 3.63) is 0 Å². The molecular formula is C36H62O15. The topological polar surface area (TPSA) is 214 Å². The van der Waals surface area contributed by atoms with Gasteiger partial charge >= 0.3 is 23.9 Å². The quantitative estimate of drug-likeness (QED) is 0.0758. The SMILES string of the molecule is CCC(C)CC(=O)O[C@@H]1[C@@H](OC(=O)CCCCC(C)C)[C@@H](O[C@]2(CO)O[C@H](CO)[C@@H](O)[C@@H]2O)O[C@H](COC(=O)C(C)CC)[C@H]1OC(=O)C(C)CC. The summed E-state index contributed by atoms with van der Waals surface area (Å²) in [5, 5.41) is 41.7. The lowest BCUT2D eigenvalue weighted by atomic mass is 9.96. The normalized spacial score (nSPS) is 31.1. The highest BCUT2D eigenvalue weighted by Gasteiger charge is 2.61. The van der Waals surface area contributed by atoms with Gasteiger partial charge in [0.15, 0.2) is 18.3 Å². The Morgan fingerprint density at radius 1 is 0.765 bits per heavy atom. The predicted octanol–water partition coefficient (Wildman–Crippen LogP) is 2.55. The maximum atomic E-state index is 13.4. The summed E-state index contributed by atoms with van der Waals surface area (Å²) in [6, 6.07) is 0. The summed E-state index contributed by atoms with van der Waals surface area (Å²) < 4.78 is 41.2. The van der Waals surface area contributed by atoms with Crippen LogP contribution in [0, 0.1) is 23.7 Å². The summed E-state index contributed by atoms with van der Waals surface area (Å²) >= 11 is 0. The molecule has 15 heteroatoms. The first-order valence-corrected chi connectivity index (χ1v) is 18.4. The van der Waals surface area contributed by atoms with Crippen molar-refractivity contribution in [3.8, 4) is 0 Å². The van der Waals surface area contributed by atoms with Crippen LogP contribution in [0.4, 0.5) is 0 Å². The van der Waals surface area contributed by atoms with E-state index in [1.165, 1.54) is 0 Å². The van der Waals surface area contributed by atoms with E-state index in [9.17, 15) is 39.6 Å². The van der Waals surface area contributed by atoms with Crippen molar-refractivity contribution < 1.29 is 72.8 Å². The van der Waals surface area contributed by atoms with Gasteiger partial charge in [-0.25, -0.2) is 0 Å². The van der Waals surface area contributed by atoms with Gasteiger partial charge < -0.3 is 53.6 Å². The smallest absolute Gasteiger partial charge is 0.309 e. The summed E-state index contributed by atoms with van der Waals surface area (Å²) in [5.41, 5.74) is 0. The van der Waals surface area contributed by atoms with Gasteiger partial charge in [0.05, 0.1) is 18.4 Å². The summed E-state index contributed by atoms with van der Waals surface area (Å²) in [6.07, 6.45) is -9.43. The number of aliphatic hydroxyl groups is 4. The van der Waals surface area contributed by atoms with Crippen molar-refractivity contribution in [1.29, 1.82) is 0 Å². The van der Waals surface area contributed by atoms with Crippen molar-refractivity contribution in [1.82, 2.24) is 0 Å². The van der Waals surface area contributed by atoms with E-state index in [-0.39, 0.29) is 18.8 Å². The molecule has 2 aliphatic heterocycles. The van der Waals surface area contributed by atoms with E-state index < -0.39 is 110 Å². The van der Waals surface area contributed by atoms with Crippen molar-refractivity contribution >= 4 is 23.9 Å². The predicted molar refractivity (Wildman–Crippen MR) is 180 cm³/mol. The van der Waals surface area contributed by atoms with E-state index >= 15 is 0 Å². The fraction of sp³-hybridized carbons (Fsp3) is 0.889. The standard InChI is InChI=1S/C36H62O15/c1-9-21(6)16-27(40)48-30-29(49-34(44)23(8)11-3)25(18-45-33(43)22(7)10-2)46-35(31(30)47-26(39)15-13-12-14-20(4)5)51-36(19-38)32(42)28(41)24(17-37)50-36/h20-25,28-32,35,37-38,41-42H,9-19H2,1-8H3/t21?,22?,23?,24-,25-,28-,29-,30+,31-,32+,35-,36+/m1/s1. The molecule has 2 saturated heterocycles. The molecule has 2 heterocycles. The highest BCUT2D eigenvalue weighted by atomic mass is 16.8. The lowest BCUT2D eigenvalue weighted by molar-refractivity contribution is -0.384. The number of rotatable bonds is 21. The molecule has 0 amide bonds. The summed E-state index contributed by atoms with van der Waals surface area (Å²) in [7, 11) is 0. The first-order chi connectivity index (χ1) is 24.1. The van der Waals surface area contributed by atoms with Crippen LogP contribution < -0.4 is 0 Å². The Labute approximate surface area is 301 Å². The summed E-state index contributed by atoms with van der Waals surface area (Å²) in [6.45, 7) is 12.4. The molecule has 0 saturated carbocycles. The minimum atomic E-state index is -2.41. The van der Waals surface area contributed by atoms with Crippen LogP contribution in [0.15, 0.2) is 0 Å². The largest absolute Gasteiger partial charge is 0.463 e. The molecule has 12 atom stereocenters. The third-order valence-electron chi connectivity index (χ3n) is 9.64. The Kier molecular flexibility index (Phi) is 18.7. The van der Waals surface area contributed by atoms with Gasteiger partial charge in [-0.3, -0.25) is 19.2 Å². The van der Waals surface area contributed by atoms with Crippen LogP contribution in [0.1, 0.15) is 107 Å². The molecule has 2 aliphatic rings. The van der Waals surface area contributed by atoms with Gasteiger partial charge in [-0.1, -0.05) is 74.7 Å². The fourth-order valence-corrected chi connectivity index (χ4v) is 5.53. The molecule has 0 aromatic heterocycles. The molecule has 0 spiro atoms. The average Bonchev–Trinajstić information content (AvgIpc) is 3.35. The van der Waals surface area contributed by atoms with Crippen LogP contribution in [-0.4, -0.2) is 119 Å². The monoisotopic (exact) mass is 734 g/mol. The van der Waals surface area contributed by atoms with Crippen molar-refractivity contribution in [2.45, 2.75) is 162 Å². The van der Waals surface area contributed by atoms with E-state index in [0.29, 0.717) is 31.6 Å². The zero-order valence-electron chi connectivity index (χ0n) is 31.5. The minimum Gasteiger partial charge on any atom is -0.463 e. The van der Waals surface area contributed by atoms with Crippen LogP contribution in [0.5, 0.6) is 0 Å². The molecule has 15 nitrogen and oxygen atoms in total. The van der Waals surface area contributed by atoms with Gasteiger partial charge in [-0.15, -0.1) is 0 Å². The molecule has 2 fully saturated rings. The zero-order chi connectivity index (χ0) is 38.5. The molecule has 2 rings (SSSR count). The first-order valence-electron chi connectivity index (χ1n) is 18.4. The number of ether oxygens (including phenoxy) is 7. The van der Waals surface area contributed by atoms with Gasteiger partial charge in [0.25, 0.3) is 0 Å². The maximum absolute atomic E-state index is 13.4. The van der Waals surface area contributed by atoms with Gasteiger partial charge in [0, 0.05) is 12.8 Å². The lowest BCUT2D eigenvalue weighted by Gasteiger charge is -2.46. The molecule has 0 aliphatic carbocycles. The average molecular weight is 735 g/mol. The molecule has 0 radical (unpaired) electrons. The Morgan fingerprint density at radius 3 is 1.94 bits per heavy atom. The zero-order valence-corrected chi connectivity index (χ0v) is 31.5. The first kappa shape index (κ1) is 44.8. The number of aliphatic hydroxyl groups excluding tert-OH is 4. The van der Waals surface area contributed by atoms with Crippen LogP contribution >= 0.6 is 0 Å². The molecule has 0 aromatic carbocycles. The van der Waals surface area contributed by atoms with Crippen molar-refractivity contribution in [3.63, 3.8) is 0 Å². The Balaban J connectivity index is 2.68. The fourth-order valence-electron chi connectivity index (χ4n) is 5.53. The Hall–Kier alpha value is -2.40. The van der Waals surface area contributed by atoms with E-state index in [1.54, 1.807) is 27.7 Å². The Bertz CT molecular complexity index is 1100. The molecule has 0 aromatic rings. The van der Waals surface area contributed by atoms with Gasteiger partial charge in [-0.2, -0.15) is 0 Å². The maximum Gasteiger partial charge on any atom is 0.309 e. The molecule has 4 N–H and O–H groups in total. The third-order valence-corrected chi connectivity index (χ3v) is 9.64. The van der Waals surface area contributed by atoms with Crippen LogP contribution in [0.2, 0.25) is 0 Å². The molecule has 296 valence electrons. The highest BCUT2D eigenvalue weighted by Crippen LogP contribution is 2.38. The molecule has 0 bridgehead atoms. The van der Waals surface area contributed by atoms with E-state index in [2.05, 4.69) is 13.8 Å².